The first-order valence-electron chi connectivity index (χ1n) is 5.52. The Labute approximate surface area is 101 Å². The molecule has 0 saturated heterocycles. The predicted octanol–water partition coefficient (Wildman–Crippen LogP) is 1.60. The summed E-state index contributed by atoms with van der Waals surface area (Å²) in [6.07, 6.45) is 0. The van der Waals surface area contributed by atoms with Crippen LogP contribution in [0.4, 0.5) is 0 Å². The Morgan fingerprint density at radius 2 is 1.88 bits per heavy atom. The highest BCUT2D eigenvalue weighted by atomic mass is 32.2. The van der Waals surface area contributed by atoms with Crippen LogP contribution in [0.25, 0.3) is 0 Å². The van der Waals surface area contributed by atoms with Gasteiger partial charge in [-0.05, 0) is 11.7 Å². The van der Waals surface area contributed by atoms with Crippen LogP contribution in [-0.2, 0) is 9.59 Å². The Balaban J connectivity index is 4.16. The number of aliphatic carboxylic acids is 1. The molecule has 0 saturated carbocycles. The minimum atomic E-state index is -0.885. The molecule has 0 aromatic rings. The summed E-state index contributed by atoms with van der Waals surface area (Å²) in [5.41, 5.74) is 0. The fourth-order valence-corrected chi connectivity index (χ4v) is 2.17. The van der Waals surface area contributed by atoms with E-state index in [1.807, 2.05) is 20.8 Å². The van der Waals surface area contributed by atoms with Gasteiger partial charge in [-0.3, -0.25) is 9.59 Å². The van der Waals surface area contributed by atoms with Crippen molar-refractivity contribution >= 4 is 23.6 Å². The zero-order valence-corrected chi connectivity index (χ0v) is 11.1. The molecule has 0 aliphatic heterocycles. The molecule has 0 fully saturated rings. The van der Waals surface area contributed by atoms with Crippen LogP contribution in [0, 0.1) is 11.8 Å². The summed E-state index contributed by atoms with van der Waals surface area (Å²) < 4.78 is 0. The topological polar surface area (TPSA) is 66.4 Å². The highest BCUT2D eigenvalue weighted by molar-refractivity contribution is 8.00. The van der Waals surface area contributed by atoms with Crippen LogP contribution in [-0.4, -0.2) is 34.5 Å². The molecule has 4 nitrogen and oxygen atoms in total. The monoisotopic (exact) mass is 247 g/mol. The van der Waals surface area contributed by atoms with Gasteiger partial charge in [-0.1, -0.05) is 27.7 Å². The molecule has 0 aromatic carbocycles. The molecule has 0 spiro atoms. The Hall–Kier alpha value is -0.710. The van der Waals surface area contributed by atoms with Crippen LogP contribution in [0.3, 0.4) is 0 Å². The third kappa shape index (κ3) is 5.39. The maximum absolute atomic E-state index is 11.8. The summed E-state index contributed by atoms with van der Waals surface area (Å²) in [7, 11) is 0. The van der Waals surface area contributed by atoms with Crippen molar-refractivity contribution in [1.29, 1.82) is 0 Å². The lowest BCUT2D eigenvalue weighted by atomic mass is 10.1. The molecule has 1 amide bonds. The standard InChI is InChI=1S/C11H21NO3S/c1-5-16-9(7(2)3)10(13)12-6-8(4)11(14)15/h7-9H,5-6H2,1-4H3,(H,12,13)(H,14,15). The zero-order chi connectivity index (χ0) is 12.7. The Bertz CT molecular complexity index is 243. The second-order valence-electron chi connectivity index (χ2n) is 4.10. The summed E-state index contributed by atoms with van der Waals surface area (Å²) in [4.78, 5) is 22.4. The van der Waals surface area contributed by atoms with E-state index in [1.54, 1.807) is 18.7 Å². The van der Waals surface area contributed by atoms with E-state index in [0.29, 0.717) is 0 Å². The highest BCUT2D eigenvalue weighted by Gasteiger charge is 2.22. The molecule has 0 rings (SSSR count). The molecule has 2 unspecified atom stereocenters. The first kappa shape index (κ1) is 15.3. The molecule has 2 N–H and O–H groups in total. The van der Waals surface area contributed by atoms with Gasteiger partial charge in [-0.2, -0.15) is 0 Å². The van der Waals surface area contributed by atoms with Gasteiger partial charge in [-0.15, -0.1) is 11.8 Å². The number of thioether (sulfide) groups is 1. The third-order valence-electron chi connectivity index (χ3n) is 2.21. The first-order valence-corrected chi connectivity index (χ1v) is 6.57. The lowest BCUT2D eigenvalue weighted by Gasteiger charge is -2.19. The Kier molecular flexibility index (Phi) is 7.21. The van der Waals surface area contributed by atoms with E-state index in [9.17, 15) is 9.59 Å². The number of carboxylic acids is 1. The Morgan fingerprint density at radius 3 is 2.25 bits per heavy atom. The van der Waals surface area contributed by atoms with Crippen LogP contribution in [0.5, 0.6) is 0 Å². The van der Waals surface area contributed by atoms with Gasteiger partial charge in [-0.25, -0.2) is 0 Å². The maximum atomic E-state index is 11.8. The van der Waals surface area contributed by atoms with E-state index in [1.165, 1.54) is 0 Å². The average molecular weight is 247 g/mol. The van der Waals surface area contributed by atoms with Gasteiger partial charge in [0.25, 0.3) is 0 Å². The molecule has 5 heteroatoms. The SMILES string of the molecule is CCSC(C(=O)NCC(C)C(=O)O)C(C)C. The van der Waals surface area contributed by atoms with E-state index >= 15 is 0 Å². The van der Waals surface area contributed by atoms with Gasteiger partial charge in [0.1, 0.15) is 0 Å². The molecule has 0 aromatic heterocycles. The van der Waals surface area contributed by atoms with Gasteiger partial charge >= 0.3 is 5.97 Å². The summed E-state index contributed by atoms with van der Waals surface area (Å²) in [5.74, 6) is -0.349. The van der Waals surface area contributed by atoms with Crippen molar-refractivity contribution < 1.29 is 14.7 Å². The van der Waals surface area contributed by atoms with Gasteiger partial charge in [0, 0.05) is 6.54 Å². The summed E-state index contributed by atoms with van der Waals surface area (Å²) in [6, 6.07) is 0. The molecule has 0 aliphatic carbocycles. The van der Waals surface area contributed by atoms with Crippen LogP contribution in [0.2, 0.25) is 0 Å². The summed E-state index contributed by atoms with van der Waals surface area (Å²) >= 11 is 1.59. The fourth-order valence-electron chi connectivity index (χ4n) is 1.19. The Morgan fingerprint density at radius 1 is 1.31 bits per heavy atom. The van der Waals surface area contributed by atoms with Crippen molar-refractivity contribution in [1.82, 2.24) is 5.32 Å². The van der Waals surface area contributed by atoms with Crippen molar-refractivity contribution in [2.45, 2.75) is 32.9 Å². The zero-order valence-electron chi connectivity index (χ0n) is 10.3. The van der Waals surface area contributed by atoms with Gasteiger partial charge < -0.3 is 10.4 Å². The van der Waals surface area contributed by atoms with Gasteiger partial charge in [0.05, 0.1) is 11.2 Å². The first-order chi connectivity index (χ1) is 7.40. The number of hydrogen-bond donors (Lipinski definition) is 2. The molecular formula is C11H21NO3S. The highest BCUT2D eigenvalue weighted by Crippen LogP contribution is 2.19. The fraction of sp³-hybridized carbons (Fsp3) is 0.818. The number of amides is 1. The molecule has 94 valence electrons. The lowest BCUT2D eigenvalue weighted by Crippen LogP contribution is -2.39. The van der Waals surface area contributed by atoms with Crippen LogP contribution in [0.1, 0.15) is 27.7 Å². The number of carboxylic acid groups (broad SMARTS) is 1. The number of hydrogen-bond acceptors (Lipinski definition) is 3. The van der Waals surface area contributed by atoms with E-state index in [-0.39, 0.29) is 23.6 Å². The van der Waals surface area contributed by atoms with E-state index < -0.39 is 11.9 Å². The molecule has 0 radical (unpaired) electrons. The minimum absolute atomic E-state index is 0.0602. The van der Waals surface area contributed by atoms with Crippen molar-refractivity contribution in [3.63, 3.8) is 0 Å². The number of nitrogens with one attached hydrogen (secondary N) is 1. The molecular weight excluding hydrogens is 226 g/mol. The maximum Gasteiger partial charge on any atom is 0.308 e. The number of carbonyl (C=O) groups is 2. The lowest BCUT2D eigenvalue weighted by molar-refractivity contribution is -0.141. The van der Waals surface area contributed by atoms with Crippen molar-refractivity contribution in [2.75, 3.05) is 12.3 Å². The van der Waals surface area contributed by atoms with Crippen LogP contribution < -0.4 is 5.32 Å². The number of rotatable bonds is 7. The van der Waals surface area contributed by atoms with Crippen molar-refractivity contribution in [3.05, 3.63) is 0 Å². The largest absolute Gasteiger partial charge is 0.481 e. The molecule has 0 heterocycles. The molecule has 0 bridgehead atoms. The second-order valence-corrected chi connectivity index (χ2v) is 5.52. The summed E-state index contributed by atoms with van der Waals surface area (Å²) in [6.45, 7) is 7.77. The summed E-state index contributed by atoms with van der Waals surface area (Å²) in [5, 5.41) is 11.3. The normalized spacial score (nSPS) is 14.6. The molecule has 2 atom stereocenters. The quantitative estimate of drug-likeness (QED) is 0.717. The van der Waals surface area contributed by atoms with Crippen molar-refractivity contribution in [3.8, 4) is 0 Å². The van der Waals surface area contributed by atoms with Gasteiger partial charge in [0.15, 0.2) is 0 Å². The van der Waals surface area contributed by atoms with E-state index in [2.05, 4.69) is 5.32 Å². The van der Waals surface area contributed by atoms with Gasteiger partial charge in [0.2, 0.25) is 5.91 Å². The predicted molar refractivity (Wildman–Crippen MR) is 66.6 cm³/mol. The van der Waals surface area contributed by atoms with E-state index in [0.717, 1.165) is 5.75 Å². The second kappa shape index (κ2) is 7.54. The average Bonchev–Trinajstić information content (AvgIpc) is 2.21. The minimum Gasteiger partial charge on any atom is -0.481 e. The number of carbonyl (C=O) groups excluding carboxylic acids is 1. The smallest absolute Gasteiger partial charge is 0.308 e. The van der Waals surface area contributed by atoms with Crippen LogP contribution in [0.15, 0.2) is 0 Å². The van der Waals surface area contributed by atoms with Crippen molar-refractivity contribution in [2.24, 2.45) is 11.8 Å². The van der Waals surface area contributed by atoms with E-state index in [4.69, 9.17) is 5.11 Å². The molecule has 0 aliphatic rings. The molecule has 16 heavy (non-hydrogen) atoms. The third-order valence-corrected chi connectivity index (χ3v) is 3.67. The van der Waals surface area contributed by atoms with Crippen LogP contribution >= 0.6 is 11.8 Å².